The summed E-state index contributed by atoms with van der Waals surface area (Å²) in [4.78, 5) is 28.0. The topological polar surface area (TPSA) is 140 Å². The number of carboxylic acids is 1. The van der Waals surface area contributed by atoms with E-state index in [0.29, 0.717) is 44.2 Å². The highest BCUT2D eigenvalue weighted by atomic mass is 16.4. The number of nitrogens with zero attached hydrogens (tertiary/aromatic N) is 1. The molecule has 4 aliphatic rings. The number of rotatable bonds is 8. The number of benzene rings is 1. The lowest BCUT2D eigenvalue weighted by Gasteiger charge is -2.64. The van der Waals surface area contributed by atoms with Crippen molar-refractivity contribution in [1.29, 1.82) is 0 Å². The van der Waals surface area contributed by atoms with E-state index in [1.54, 1.807) is 6.92 Å². The maximum Gasteiger partial charge on any atom is 0.303 e. The van der Waals surface area contributed by atoms with Crippen LogP contribution in [0.4, 0.5) is 5.69 Å². The van der Waals surface area contributed by atoms with Crippen molar-refractivity contribution in [1.82, 2.24) is 4.98 Å². The number of carbonyl (C=O) groups is 2. The monoisotopic (exact) mass is 684 g/mol. The molecule has 1 aromatic heterocycles. The Hall–Kier alpha value is -3.25. The Morgan fingerprint density at radius 3 is 2.46 bits per heavy atom. The zero-order valence-corrected chi connectivity index (χ0v) is 30.6. The number of Topliss-reactive ketones (excluding diaryl/α,β-unsaturated/α-hetero) is 1. The van der Waals surface area contributed by atoms with E-state index < -0.39 is 23.8 Å². The third kappa shape index (κ3) is 6.62. The lowest BCUT2D eigenvalue weighted by molar-refractivity contribution is -0.211. The van der Waals surface area contributed by atoms with Crippen LogP contribution < -0.4 is 5.32 Å². The molecule has 4 aliphatic carbocycles. The second-order valence-electron chi connectivity index (χ2n) is 16.9. The van der Waals surface area contributed by atoms with E-state index in [4.69, 9.17) is 0 Å². The first-order chi connectivity index (χ1) is 23.6. The molecule has 1 aromatic carbocycles. The first-order valence-corrected chi connectivity index (χ1v) is 18.7. The van der Waals surface area contributed by atoms with Gasteiger partial charge >= 0.3 is 5.97 Å². The molecule has 2 aromatic rings. The van der Waals surface area contributed by atoms with Crippen LogP contribution in [0, 0.1) is 72.0 Å². The molecule has 4 fully saturated rings. The van der Waals surface area contributed by atoms with Gasteiger partial charge in [0.1, 0.15) is 5.60 Å². The fourth-order valence-electron chi connectivity index (χ4n) is 11.3. The lowest BCUT2D eigenvalue weighted by Crippen LogP contribution is -2.63. The van der Waals surface area contributed by atoms with E-state index in [2.05, 4.69) is 42.9 Å². The average molecular weight is 685 g/mol. The predicted octanol–water partition coefficient (Wildman–Crippen LogP) is 6.70. The highest BCUT2D eigenvalue weighted by molar-refractivity contribution is 6.00. The number of anilines is 1. The molecule has 0 bridgehead atoms. The van der Waals surface area contributed by atoms with Gasteiger partial charge in [-0.2, -0.15) is 0 Å². The van der Waals surface area contributed by atoms with Gasteiger partial charge in [-0.25, -0.2) is 0 Å². The highest BCUT2D eigenvalue weighted by Crippen LogP contribution is 2.69. The Labute approximate surface area is 297 Å². The molecule has 11 atom stereocenters. The van der Waals surface area contributed by atoms with Crippen LogP contribution in [0.15, 0.2) is 30.3 Å². The van der Waals surface area contributed by atoms with Crippen LogP contribution in [0.2, 0.25) is 0 Å². The summed E-state index contributed by atoms with van der Waals surface area (Å²) in [5, 5.41) is 48.1. The predicted molar refractivity (Wildman–Crippen MR) is 193 cm³/mol. The van der Waals surface area contributed by atoms with Gasteiger partial charge in [-0.3, -0.25) is 14.6 Å². The smallest absolute Gasteiger partial charge is 0.303 e. The summed E-state index contributed by atoms with van der Waals surface area (Å²) >= 11 is 0. The molecule has 0 amide bonds. The van der Waals surface area contributed by atoms with E-state index in [9.17, 15) is 30.0 Å². The minimum absolute atomic E-state index is 0.0192. The molecule has 7 unspecified atom stereocenters. The maximum absolute atomic E-state index is 12.2. The maximum atomic E-state index is 12.2. The number of nitrogens with one attached hydrogen (secondary N) is 1. The number of carboxylic acid groups (broad SMARTS) is 1. The molecule has 8 heteroatoms. The molecular formula is C42H56N2O6. The van der Waals surface area contributed by atoms with Gasteiger partial charge in [0, 0.05) is 29.9 Å². The number of carbonyl (C=O) groups excluding carboxylic acids is 1. The standard InChI is InChI=1S/C42H56N2O6/c1-24(7-14-37(48)49)31-12-13-32-39-33(21-36(47)41(31,32)6)40(5)17-18-42(50,22-30(40)20-35(39)46)16-15-28-8-10-29(11-9-28)23-43-34-19-25(2)44-26(3)38(34)27(4)45/h8-11,19,24,30-33,35-36,39,46-47,50H,7,12-14,17-18,20-23H2,1-6H3,(H,43,44)(H,48,49)/t24-,30?,31-,32?,33?,35?,36?,39?,40+,41-,42?/m1/s1. The van der Waals surface area contributed by atoms with Crippen LogP contribution in [0.5, 0.6) is 0 Å². The number of aliphatic hydroxyl groups excluding tert-OH is 2. The normalized spacial score (nSPS) is 36.6. The number of hydrogen-bond acceptors (Lipinski definition) is 7. The second kappa shape index (κ2) is 13.7. The van der Waals surface area contributed by atoms with Crippen LogP contribution in [0.1, 0.15) is 118 Å². The molecule has 0 radical (unpaired) electrons. The quantitative estimate of drug-likeness (QED) is 0.153. The third-order valence-electron chi connectivity index (χ3n) is 14.0. The summed E-state index contributed by atoms with van der Waals surface area (Å²) < 4.78 is 0. The lowest BCUT2D eigenvalue weighted by atomic mass is 9.42. The number of aromatic nitrogens is 1. The first kappa shape index (κ1) is 36.5. The SMILES string of the molecule is CC(=O)c1c(NCc2ccc(C#CC3(O)CC[C@@]4(C)C(CC(O)C5C4CC(O)[C@@]4(C)C5CC[C@@H]4[C@H](C)CCC(=O)O)C3)cc2)cc(C)nc1C. The summed E-state index contributed by atoms with van der Waals surface area (Å²) in [5.41, 5.74) is 3.26. The van der Waals surface area contributed by atoms with Gasteiger partial charge in [-0.1, -0.05) is 44.7 Å². The molecule has 6 rings (SSSR count). The summed E-state index contributed by atoms with van der Waals surface area (Å²) in [5.74, 6) is 6.69. The van der Waals surface area contributed by atoms with Crippen molar-refractivity contribution in [2.75, 3.05) is 5.32 Å². The van der Waals surface area contributed by atoms with Crippen LogP contribution in [-0.2, 0) is 11.3 Å². The Balaban J connectivity index is 1.12. The number of aliphatic hydroxyl groups is 3. The number of hydrogen-bond donors (Lipinski definition) is 5. The fraction of sp³-hybridized carbons (Fsp3) is 0.643. The third-order valence-corrected chi connectivity index (χ3v) is 14.0. The van der Waals surface area contributed by atoms with Crippen LogP contribution in [0.3, 0.4) is 0 Å². The van der Waals surface area contributed by atoms with E-state index in [0.717, 1.165) is 47.5 Å². The van der Waals surface area contributed by atoms with Crippen molar-refractivity contribution < 1.29 is 30.0 Å². The highest BCUT2D eigenvalue weighted by Gasteiger charge is 2.66. The van der Waals surface area contributed by atoms with Gasteiger partial charge in [0.15, 0.2) is 5.78 Å². The van der Waals surface area contributed by atoms with Crippen molar-refractivity contribution in [2.45, 2.75) is 124 Å². The Morgan fingerprint density at radius 2 is 1.78 bits per heavy atom. The van der Waals surface area contributed by atoms with Crippen LogP contribution >= 0.6 is 0 Å². The molecule has 8 nitrogen and oxygen atoms in total. The molecule has 1 heterocycles. The molecule has 0 aliphatic heterocycles. The summed E-state index contributed by atoms with van der Waals surface area (Å²) in [7, 11) is 0. The first-order valence-electron chi connectivity index (χ1n) is 18.7. The van der Waals surface area contributed by atoms with E-state index >= 15 is 0 Å². The zero-order chi connectivity index (χ0) is 36.2. The Kier molecular flexibility index (Phi) is 10.0. The molecule has 5 N–H and O–H groups in total. The molecule has 270 valence electrons. The number of ketones is 1. The van der Waals surface area contributed by atoms with Crippen LogP contribution in [0.25, 0.3) is 0 Å². The number of aryl methyl sites for hydroxylation is 2. The van der Waals surface area contributed by atoms with Crippen molar-refractivity contribution >= 4 is 17.4 Å². The molecule has 0 spiro atoms. The second-order valence-corrected chi connectivity index (χ2v) is 16.9. The number of aliphatic carboxylic acids is 1. The summed E-state index contributed by atoms with van der Waals surface area (Å²) in [6.07, 6.45) is 4.84. The Bertz CT molecular complexity index is 1680. The van der Waals surface area contributed by atoms with Gasteiger partial charge in [0.2, 0.25) is 0 Å². The molecule has 0 saturated heterocycles. The van der Waals surface area contributed by atoms with Crippen molar-refractivity contribution in [3.63, 3.8) is 0 Å². The number of fused-ring (bicyclic) bond motifs is 5. The van der Waals surface area contributed by atoms with Gasteiger partial charge in [-0.05, 0) is 142 Å². The van der Waals surface area contributed by atoms with Gasteiger partial charge in [0.05, 0.1) is 23.5 Å². The Morgan fingerprint density at radius 1 is 1.06 bits per heavy atom. The average Bonchev–Trinajstić information content (AvgIpc) is 3.41. The molecular weight excluding hydrogens is 628 g/mol. The van der Waals surface area contributed by atoms with E-state index in [-0.39, 0.29) is 58.5 Å². The number of pyridine rings is 1. The summed E-state index contributed by atoms with van der Waals surface area (Å²) in [6, 6.07) is 9.83. The van der Waals surface area contributed by atoms with Gasteiger partial charge < -0.3 is 25.7 Å². The molecule has 50 heavy (non-hydrogen) atoms. The van der Waals surface area contributed by atoms with Gasteiger partial charge in [-0.15, -0.1) is 0 Å². The zero-order valence-electron chi connectivity index (χ0n) is 30.6. The van der Waals surface area contributed by atoms with Crippen molar-refractivity contribution in [3.8, 4) is 11.8 Å². The minimum atomic E-state index is -1.14. The summed E-state index contributed by atoms with van der Waals surface area (Å²) in [6.45, 7) is 12.5. The fourth-order valence-corrected chi connectivity index (χ4v) is 11.3. The van der Waals surface area contributed by atoms with Crippen molar-refractivity contribution in [2.24, 2.45) is 46.3 Å². The minimum Gasteiger partial charge on any atom is -0.481 e. The van der Waals surface area contributed by atoms with E-state index in [1.165, 1.54) is 0 Å². The van der Waals surface area contributed by atoms with Crippen molar-refractivity contribution in [3.05, 3.63) is 58.4 Å². The van der Waals surface area contributed by atoms with E-state index in [1.807, 2.05) is 44.2 Å². The molecule has 4 saturated carbocycles. The van der Waals surface area contributed by atoms with Gasteiger partial charge in [0.25, 0.3) is 0 Å². The largest absolute Gasteiger partial charge is 0.481 e. The van der Waals surface area contributed by atoms with Crippen LogP contribution in [-0.4, -0.2) is 55.0 Å².